The highest BCUT2D eigenvalue weighted by molar-refractivity contribution is 7.26. The summed E-state index contributed by atoms with van der Waals surface area (Å²) in [6, 6.07) is 52.7. The van der Waals surface area contributed by atoms with Gasteiger partial charge in [-0.25, -0.2) is 15.0 Å². The Morgan fingerprint density at radius 1 is 0.349 bits per heavy atom. The Hall–Kier alpha value is -5.45. The maximum Gasteiger partial charge on any atom is 0.164 e. The smallest absolute Gasteiger partial charge is 0.164 e. The predicted octanol–water partition coefficient (Wildman–Crippen LogP) is 10.6. The number of rotatable bonds is 5. The van der Waals surface area contributed by atoms with Gasteiger partial charge in [0, 0.05) is 36.9 Å². The summed E-state index contributed by atoms with van der Waals surface area (Å²) in [6.45, 7) is 0. The van der Waals surface area contributed by atoms with Gasteiger partial charge in [0.05, 0.1) is 0 Å². The van der Waals surface area contributed by atoms with E-state index in [9.17, 15) is 0 Å². The van der Waals surface area contributed by atoms with E-state index in [4.69, 9.17) is 15.0 Å². The third-order valence-electron chi connectivity index (χ3n) is 7.72. The van der Waals surface area contributed by atoms with Crippen LogP contribution in [0, 0.1) is 0 Å². The Balaban J connectivity index is 1.37. The molecule has 0 aliphatic carbocycles. The van der Waals surface area contributed by atoms with Gasteiger partial charge in [0.15, 0.2) is 17.5 Å². The van der Waals surface area contributed by atoms with Crippen LogP contribution < -0.4 is 0 Å². The van der Waals surface area contributed by atoms with E-state index >= 15 is 0 Å². The first-order valence-electron chi connectivity index (χ1n) is 14.3. The molecule has 0 unspecified atom stereocenters. The van der Waals surface area contributed by atoms with Crippen molar-refractivity contribution in [3.05, 3.63) is 152 Å². The van der Waals surface area contributed by atoms with Gasteiger partial charge in [-0.3, -0.25) is 0 Å². The van der Waals surface area contributed by atoms with Crippen LogP contribution in [0.4, 0.5) is 0 Å². The molecule has 0 saturated carbocycles. The van der Waals surface area contributed by atoms with Crippen LogP contribution in [0.3, 0.4) is 0 Å². The molecular weight excluding hydrogens is 543 g/mol. The Bertz CT molecular complexity index is 2220. The molecule has 0 fully saturated rings. The number of nitrogens with zero attached hydrogens (tertiary/aromatic N) is 3. The molecule has 0 atom stereocenters. The molecule has 0 aliphatic heterocycles. The van der Waals surface area contributed by atoms with E-state index in [1.165, 1.54) is 31.3 Å². The van der Waals surface area contributed by atoms with Gasteiger partial charge >= 0.3 is 0 Å². The topological polar surface area (TPSA) is 38.7 Å². The fourth-order valence-corrected chi connectivity index (χ4v) is 6.82. The molecule has 2 aromatic heterocycles. The Kier molecular flexibility index (Phi) is 6.32. The van der Waals surface area contributed by atoms with E-state index in [1.807, 2.05) is 47.7 Å². The fraction of sp³-hybridized carbons (Fsp3) is 0. The molecule has 0 aliphatic rings. The minimum atomic E-state index is 0.652. The number of thiophene rings is 1. The van der Waals surface area contributed by atoms with E-state index in [-0.39, 0.29) is 0 Å². The lowest BCUT2D eigenvalue weighted by molar-refractivity contribution is 1.07. The van der Waals surface area contributed by atoms with Crippen LogP contribution in [-0.2, 0) is 0 Å². The first kappa shape index (κ1) is 25.3. The lowest BCUT2D eigenvalue weighted by Crippen LogP contribution is -2.00. The van der Waals surface area contributed by atoms with Crippen LogP contribution in [0.1, 0.15) is 0 Å². The Morgan fingerprint density at radius 2 is 0.884 bits per heavy atom. The fourth-order valence-electron chi connectivity index (χ4n) is 5.65. The Morgan fingerprint density at radius 3 is 1.60 bits per heavy atom. The van der Waals surface area contributed by atoms with E-state index in [1.54, 1.807) is 0 Å². The normalized spacial score (nSPS) is 11.3. The zero-order valence-electron chi connectivity index (χ0n) is 23.2. The molecule has 6 aromatic carbocycles. The van der Waals surface area contributed by atoms with Gasteiger partial charge < -0.3 is 0 Å². The summed E-state index contributed by atoms with van der Waals surface area (Å²) in [7, 11) is 0. The number of aromatic nitrogens is 3. The van der Waals surface area contributed by atoms with E-state index < -0.39 is 0 Å². The van der Waals surface area contributed by atoms with Crippen molar-refractivity contribution in [2.45, 2.75) is 0 Å². The molecule has 3 nitrogen and oxygen atoms in total. The van der Waals surface area contributed by atoms with Crippen LogP contribution in [0.2, 0.25) is 0 Å². The molecule has 202 valence electrons. The standard InChI is InChI=1S/C39H25N3S/c1-4-13-26(14-5-1)29-19-12-20-30(23-29)38-40-37(28-17-8-3-9-18-28)41-39(42-38)31-24-33(27-15-6-2-7-16-27)36-32-21-10-11-22-34(32)43-35(36)25-31/h1-25H. The van der Waals surface area contributed by atoms with Gasteiger partial charge in [-0.1, -0.05) is 127 Å². The quantitative estimate of drug-likeness (QED) is 0.208. The minimum absolute atomic E-state index is 0.652. The van der Waals surface area contributed by atoms with Crippen molar-refractivity contribution in [2.24, 2.45) is 0 Å². The Labute approximate surface area is 253 Å². The van der Waals surface area contributed by atoms with Crippen LogP contribution in [0.5, 0.6) is 0 Å². The molecule has 0 radical (unpaired) electrons. The second-order valence-electron chi connectivity index (χ2n) is 10.5. The summed E-state index contributed by atoms with van der Waals surface area (Å²) in [5.74, 6) is 1.97. The third kappa shape index (κ3) is 4.78. The summed E-state index contributed by atoms with van der Waals surface area (Å²) >= 11 is 1.81. The summed E-state index contributed by atoms with van der Waals surface area (Å²) in [5, 5.41) is 2.54. The average Bonchev–Trinajstić information content (AvgIpc) is 3.47. The third-order valence-corrected chi connectivity index (χ3v) is 8.83. The summed E-state index contributed by atoms with van der Waals surface area (Å²) in [5.41, 5.74) is 7.51. The maximum absolute atomic E-state index is 5.11. The van der Waals surface area contributed by atoms with Crippen molar-refractivity contribution < 1.29 is 0 Å². The molecule has 8 aromatic rings. The molecule has 0 bridgehead atoms. The van der Waals surface area contributed by atoms with Gasteiger partial charge in [-0.05, 0) is 46.5 Å². The molecule has 0 saturated heterocycles. The van der Waals surface area contributed by atoms with Crippen molar-refractivity contribution in [1.82, 2.24) is 15.0 Å². The first-order valence-corrected chi connectivity index (χ1v) is 15.1. The number of hydrogen-bond donors (Lipinski definition) is 0. The summed E-state index contributed by atoms with van der Waals surface area (Å²) < 4.78 is 2.48. The predicted molar refractivity (Wildman–Crippen MR) is 180 cm³/mol. The molecule has 2 heterocycles. The zero-order chi connectivity index (χ0) is 28.6. The van der Waals surface area contributed by atoms with Gasteiger partial charge in [-0.2, -0.15) is 0 Å². The van der Waals surface area contributed by atoms with Crippen LogP contribution >= 0.6 is 11.3 Å². The molecule has 43 heavy (non-hydrogen) atoms. The SMILES string of the molecule is c1ccc(-c2cccc(-c3nc(-c4ccccc4)nc(-c4cc(-c5ccccc5)c5c(c4)sc4ccccc45)n3)c2)cc1. The maximum atomic E-state index is 5.11. The van der Waals surface area contributed by atoms with Gasteiger partial charge in [-0.15, -0.1) is 11.3 Å². The van der Waals surface area contributed by atoms with Crippen LogP contribution in [-0.4, -0.2) is 15.0 Å². The van der Waals surface area contributed by atoms with Crippen LogP contribution in [0.25, 0.3) is 76.6 Å². The van der Waals surface area contributed by atoms with Crippen molar-refractivity contribution in [3.63, 3.8) is 0 Å². The van der Waals surface area contributed by atoms with Gasteiger partial charge in [0.1, 0.15) is 0 Å². The zero-order valence-corrected chi connectivity index (χ0v) is 24.0. The molecule has 0 spiro atoms. The second-order valence-corrected chi connectivity index (χ2v) is 11.6. The van der Waals surface area contributed by atoms with Crippen molar-refractivity contribution in [2.75, 3.05) is 0 Å². The molecule has 0 amide bonds. The van der Waals surface area contributed by atoms with Gasteiger partial charge in [0.25, 0.3) is 0 Å². The van der Waals surface area contributed by atoms with Gasteiger partial charge in [0.2, 0.25) is 0 Å². The minimum Gasteiger partial charge on any atom is -0.208 e. The monoisotopic (exact) mass is 567 g/mol. The largest absolute Gasteiger partial charge is 0.208 e. The number of benzene rings is 6. The van der Waals surface area contributed by atoms with Crippen molar-refractivity contribution >= 4 is 31.5 Å². The average molecular weight is 568 g/mol. The second kappa shape index (κ2) is 10.8. The molecule has 8 rings (SSSR count). The lowest BCUT2D eigenvalue weighted by atomic mass is 9.97. The van der Waals surface area contributed by atoms with E-state index in [0.29, 0.717) is 17.5 Å². The summed E-state index contributed by atoms with van der Waals surface area (Å²) in [6.07, 6.45) is 0. The molecular formula is C39H25N3S. The highest BCUT2D eigenvalue weighted by Gasteiger charge is 2.17. The van der Waals surface area contributed by atoms with E-state index in [2.05, 4.69) is 115 Å². The number of fused-ring (bicyclic) bond motifs is 3. The van der Waals surface area contributed by atoms with Crippen LogP contribution in [0.15, 0.2) is 152 Å². The number of hydrogen-bond acceptors (Lipinski definition) is 4. The molecule has 0 N–H and O–H groups in total. The van der Waals surface area contributed by atoms with Crippen molar-refractivity contribution in [1.29, 1.82) is 0 Å². The summed E-state index contributed by atoms with van der Waals surface area (Å²) in [4.78, 5) is 15.2. The highest BCUT2D eigenvalue weighted by Crippen LogP contribution is 2.42. The first-order chi connectivity index (χ1) is 21.3. The lowest BCUT2D eigenvalue weighted by Gasteiger charge is -2.12. The van der Waals surface area contributed by atoms with Crippen molar-refractivity contribution in [3.8, 4) is 56.4 Å². The van der Waals surface area contributed by atoms with E-state index in [0.717, 1.165) is 27.8 Å². The highest BCUT2D eigenvalue weighted by atomic mass is 32.1. The molecule has 4 heteroatoms.